The Morgan fingerprint density at radius 3 is 2.45 bits per heavy atom. The minimum atomic E-state index is -0.0132. The lowest BCUT2D eigenvalue weighted by Gasteiger charge is -2.32. The number of likely N-dealkylation sites (tertiary alicyclic amines) is 1. The molecule has 1 saturated heterocycles. The second-order valence-corrected chi connectivity index (χ2v) is 8.23. The zero-order valence-corrected chi connectivity index (χ0v) is 17.8. The number of amides is 2. The third-order valence-electron chi connectivity index (χ3n) is 5.95. The van der Waals surface area contributed by atoms with Crippen LogP contribution in [0.2, 0.25) is 0 Å². The van der Waals surface area contributed by atoms with Gasteiger partial charge in [-0.1, -0.05) is 54.1 Å². The summed E-state index contributed by atoms with van der Waals surface area (Å²) < 4.78 is 0. The Hall–Kier alpha value is -2.62. The lowest BCUT2D eigenvalue weighted by atomic mass is 9.94. The number of carbonyl (C=O) groups is 2. The summed E-state index contributed by atoms with van der Waals surface area (Å²) in [5.41, 5.74) is 4.76. The molecular weight excluding hydrogens is 360 g/mol. The molecule has 154 valence electrons. The van der Waals surface area contributed by atoms with Gasteiger partial charge in [-0.3, -0.25) is 9.59 Å². The first-order valence-corrected chi connectivity index (χ1v) is 10.6. The van der Waals surface area contributed by atoms with Crippen molar-refractivity contribution in [2.24, 2.45) is 5.92 Å². The van der Waals surface area contributed by atoms with Gasteiger partial charge in [0, 0.05) is 25.4 Å². The van der Waals surface area contributed by atoms with Gasteiger partial charge in [0.2, 0.25) is 11.8 Å². The number of hydrogen-bond acceptors (Lipinski definition) is 2. The maximum Gasteiger partial charge on any atom is 0.223 e. The van der Waals surface area contributed by atoms with Crippen molar-refractivity contribution in [2.75, 3.05) is 13.1 Å². The summed E-state index contributed by atoms with van der Waals surface area (Å²) in [7, 11) is 0. The van der Waals surface area contributed by atoms with Crippen LogP contribution in [-0.4, -0.2) is 29.8 Å². The molecule has 1 aliphatic rings. The molecule has 1 unspecified atom stereocenters. The molecule has 4 heteroatoms. The summed E-state index contributed by atoms with van der Waals surface area (Å²) in [6, 6.07) is 16.4. The van der Waals surface area contributed by atoms with E-state index in [1.54, 1.807) is 0 Å². The first kappa shape index (κ1) is 21.1. The number of hydrogen-bond donors (Lipinski definition) is 1. The van der Waals surface area contributed by atoms with E-state index < -0.39 is 0 Å². The van der Waals surface area contributed by atoms with E-state index in [0.717, 1.165) is 19.3 Å². The smallest absolute Gasteiger partial charge is 0.223 e. The third-order valence-corrected chi connectivity index (χ3v) is 5.95. The Balaban J connectivity index is 1.46. The van der Waals surface area contributed by atoms with Crippen molar-refractivity contribution in [3.05, 3.63) is 70.8 Å². The van der Waals surface area contributed by atoms with Crippen LogP contribution in [0.15, 0.2) is 48.5 Å². The Morgan fingerprint density at radius 2 is 1.76 bits per heavy atom. The highest BCUT2D eigenvalue weighted by Crippen LogP contribution is 2.22. The van der Waals surface area contributed by atoms with E-state index in [1.165, 1.54) is 22.3 Å². The van der Waals surface area contributed by atoms with E-state index in [2.05, 4.69) is 49.5 Å². The van der Waals surface area contributed by atoms with Crippen molar-refractivity contribution in [3.63, 3.8) is 0 Å². The van der Waals surface area contributed by atoms with Crippen LogP contribution in [0.5, 0.6) is 0 Å². The summed E-state index contributed by atoms with van der Waals surface area (Å²) in [5.74, 6) is 0.284. The van der Waals surface area contributed by atoms with Crippen LogP contribution in [0, 0.1) is 19.8 Å². The molecule has 1 fully saturated rings. The highest BCUT2D eigenvalue weighted by Gasteiger charge is 2.28. The summed E-state index contributed by atoms with van der Waals surface area (Å²) >= 11 is 0. The molecule has 2 aromatic carbocycles. The third kappa shape index (κ3) is 5.69. The fraction of sp³-hybridized carbons (Fsp3) is 0.440. The monoisotopic (exact) mass is 392 g/mol. The molecule has 1 atom stereocenters. The molecular formula is C25H32N2O2. The lowest BCUT2D eigenvalue weighted by Crippen LogP contribution is -2.43. The van der Waals surface area contributed by atoms with Gasteiger partial charge in [-0.05, 0) is 56.7 Å². The lowest BCUT2D eigenvalue weighted by molar-refractivity contribution is -0.135. The van der Waals surface area contributed by atoms with E-state index in [1.807, 2.05) is 30.0 Å². The summed E-state index contributed by atoms with van der Waals surface area (Å²) in [5, 5.41) is 3.18. The molecule has 1 heterocycles. The van der Waals surface area contributed by atoms with Crippen molar-refractivity contribution in [1.29, 1.82) is 0 Å². The second kappa shape index (κ2) is 9.73. The molecule has 1 N–H and O–H groups in total. The normalized spacial score (nSPS) is 15.8. The molecule has 0 saturated carbocycles. The van der Waals surface area contributed by atoms with Gasteiger partial charge >= 0.3 is 0 Å². The van der Waals surface area contributed by atoms with Gasteiger partial charge in [0.05, 0.1) is 6.04 Å². The summed E-state index contributed by atoms with van der Waals surface area (Å²) in [4.78, 5) is 27.2. The van der Waals surface area contributed by atoms with Crippen molar-refractivity contribution in [3.8, 4) is 0 Å². The van der Waals surface area contributed by atoms with Gasteiger partial charge in [-0.2, -0.15) is 0 Å². The number of piperidine rings is 1. The van der Waals surface area contributed by atoms with E-state index in [-0.39, 0.29) is 23.8 Å². The molecule has 2 amide bonds. The van der Waals surface area contributed by atoms with Crippen LogP contribution >= 0.6 is 0 Å². The van der Waals surface area contributed by atoms with Crippen LogP contribution in [0.4, 0.5) is 0 Å². The number of nitrogens with one attached hydrogen (secondary N) is 1. The SMILES string of the molecule is Cc1ccc(C)c(C(C)NC(=O)C2CCN(C(=O)CCc3ccccc3)CC2)c1. The van der Waals surface area contributed by atoms with Crippen molar-refractivity contribution < 1.29 is 9.59 Å². The predicted octanol–water partition coefficient (Wildman–Crippen LogP) is 4.35. The van der Waals surface area contributed by atoms with E-state index in [4.69, 9.17) is 0 Å². The number of rotatable bonds is 6. The van der Waals surface area contributed by atoms with Crippen LogP contribution in [-0.2, 0) is 16.0 Å². The summed E-state index contributed by atoms with van der Waals surface area (Å²) in [6.07, 6.45) is 2.78. The van der Waals surface area contributed by atoms with Gasteiger partial charge < -0.3 is 10.2 Å². The minimum Gasteiger partial charge on any atom is -0.349 e. The van der Waals surface area contributed by atoms with Gasteiger partial charge in [0.15, 0.2) is 0 Å². The fourth-order valence-corrected chi connectivity index (χ4v) is 4.08. The topological polar surface area (TPSA) is 49.4 Å². The Bertz CT molecular complexity index is 839. The fourth-order valence-electron chi connectivity index (χ4n) is 4.08. The number of benzene rings is 2. The zero-order chi connectivity index (χ0) is 20.8. The number of nitrogens with zero attached hydrogens (tertiary/aromatic N) is 1. The predicted molar refractivity (Wildman–Crippen MR) is 117 cm³/mol. The van der Waals surface area contributed by atoms with Crippen molar-refractivity contribution in [2.45, 2.75) is 52.5 Å². The van der Waals surface area contributed by atoms with Crippen LogP contribution in [0.3, 0.4) is 0 Å². The first-order valence-electron chi connectivity index (χ1n) is 10.6. The van der Waals surface area contributed by atoms with Crippen molar-refractivity contribution in [1.82, 2.24) is 10.2 Å². The quantitative estimate of drug-likeness (QED) is 0.794. The molecule has 0 aromatic heterocycles. The zero-order valence-electron chi connectivity index (χ0n) is 17.8. The molecule has 1 aliphatic heterocycles. The Labute approximate surface area is 174 Å². The van der Waals surface area contributed by atoms with Crippen LogP contribution in [0.25, 0.3) is 0 Å². The van der Waals surface area contributed by atoms with E-state index >= 15 is 0 Å². The second-order valence-electron chi connectivity index (χ2n) is 8.23. The van der Waals surface area contributed by atoms with E-state index in [9.17, 15) is 9.59 Å². The van der Waals surface area contributed by atoms with E-state index in [0.29, 0.717) is 19.5 Å². The van der Waals surface area contributed by atoms with Crippen molar-refractivity contribution >= 4 is 11.8 Å². The number of carbonyl (C=O) groups excluding carboxylic acids is 2. The molecule has 0 aliphatic carbocycles. The molecule has 2 aromatic rings. The molecule has 0 bridgehead atoms. The molecule has 4 nitrogen and oxygen atoms in total. The van der Waals surface area contributed by atoms with Gasteiger partial charge in [0.25, 0.3) is 0 Å². The molecule has 0 radical (unpaired) electrons. The maximum atomic E-state index is 12.8. The Morgan fingerprint density at radius 1 is 1.07 bits per heavy atom. The summed E-state index contributed by atoms with van der Waals surface area (Å²) in [6.45, 7) is 7.54. The largest absolute Gasteiger partial charge is 0.349 e. The van der Waals surface area contributed by atoms with Crippen LogP contribution in [0.1, 0.15) is 54.5 Å². The number of aryl methyl sites for hydroxylation is 3. The first-order chi connectivity index (χ1) is 13.9. The van der Waals surface area contributed by atoms with Gasteiger partial charge in [-0.25, -0.2) is 0 Å². The standard InChI is InChI=1S/C25H32N2O2/c1-18-9-10-19(2)23(17-18)20(3)26-25(29)22-13-15-27(16-14-22)24(28)12-11-21-7-5-4-6-8-21/h4-10,17,20,22H,11-16H2,1-3H3,(H,26,29). The highest BCUT2D eigenvalue weighted by atomic mass is 16.2. The average molecular weight is 393 g/mol. The molecule has 3 rings (SSSR count). The maximum absolute atomic E-state index is 12.8. The highest BCUT2D eigenvalue weighted by molar-refractivity contribution is 5.80. The van der Waals surface area contributed by atoms with Gasteiger partial charge in [-0.15, -0.1) is 0 Å². The van der Waals surface area contributed by atoms with Crippen LogP contribution < -0.4 is 5.32 Å². The van der Waals surface area contributed by atoms with Gasteiger partial charge in [0.1, 0.15) is 0 Å². The minimum absolute atomic E-state index is 0.00654. The average Bonchev–Trinajstić information content (AvgIpc) is 2.74. The molecule has 0 spiro atoms. The Kier molecular flexibility index (Phi) is 7.08. The molecule has 29 heavy (non-hydrogen) atoms.